The van der Waals surface area contributed by atoms with Crippen molar-refractivity contribution in [1.29, 1.82) is 0 Å². The lowest BCUT2D eigenvalue weighted by molar-refractivity contribution is -0.111. The first kappa shape index (κ1) is 19.1. The minimum Gasteiger partial charge on any atom is -0.493 e. The Hall–Kier alpha value is -3.68. The number of hydrogen-bond acceptors (Lipinski definition) is 6. The van der Waals surface area contributed by atoms with Gasteiger partial charge in [-0.25, -0.2) is 14.6 Å². The van der Waals surface area contributed by atoms with E-state index in [1.54, 1.807) is 49.5 Å². The van der Waals surface area contributed by atoms with Gasteiger partial charge in [0.2, 0.25) is 5.91 Å². The van der Waals surface area contributed by atoms with Gasteiger partial charge in [0.15, 0.2) is 11.5 Å². The van der Waals surface area contributed by atoms with Crippen molar-refractivity contribution >= 4 is 17.7 Å². The van der Waals surface area contributed by atoms with E-state index in [-0.39, 0.29) is 5.91 Å². The van der Waals surface area contributed by atoms with E-state index in [2.05, 4.69) is 20.4 Å². The van der Waals surface area contributed by atoms with Gasteiger partial charge in [-0.15, -0.1) is 0 Å². The molecule has 0 bridgehead atoms. The molecule has 0 saturated carbocycles. The van der Waals surface area contributed by atoms with Crippen LogP contribution in [-0.4, -0.2) is 39.9 Å². The quantitative estimate of drug-likeness (QED) is 0.662. The van der Waals surface area contributed by atoms with Gasteiger partial charge in [-0.3, -0.25) is 4.79 Å². The third-order valence-electron chi connectivity index (χ3n) is 3.94. The molecule has 0 radical (unpaired) electrons. The van der Waals surface area contributed by atoms with Gasteiger partial charge >= 0.3 is 0 Å². The molecule has 28 heavy (non-hydrogen) atoms. The van der Waals surface area contributed by atoms with E-state index in [1.165, 1.54) is 6.08 Å². The number of rotatable bonds is 6. The van der Waals surface area contributed by atoms with Crippen LogP contribution in [0, 0.1) is 13.8 Å². The summed E-state index contributed by atoms with van der Waals surface area (Å²) in [4.78, 5) is 20.7. The Kier molecular flexibility index (Phi) is 5.69. The number of nitrogens with zero attached hydrogens (tertiary/aromatic N) is 4. The third kappa shape index (κ3) is 4.35. The molecule has 0 spiro atoms. The maximum atomic E-state index is 12.1. The van der Waals surface area contributed by atoms with Gasteiger partial charge < -0.3 is 14.8 Å². The summed E-state index contributed by atoms with van der Waals surface area (Å²) in [5.74, 6) is 1.38. The van der Waals surface area contributed by atoms with Crippen LogP contribution in [0.25, 0.3) is 12.0 Å². The largest absolute Gasteiger partial charge is 0.493 e. The van der Waals surface area contributed by atoms with Crippen molar-refractivity contribution in [1.82, 2.24) is 19.7 Å². The minimum atomic E-state index is -0.294. The van der Waals surface area contributed by atoms with Crippen molar-refractivity contribution in [2.75, 3.05) is 19.5 Å². The Morgan fingerprint density at radius 1 is 1.07 bits per heavy atom. The number of benzene rings is 1. The van der Waals surface area contributed by atoms with Gasteiger partial charge in [0, 0.05) is 11.8 Å². The van der Waals surface area contributed by atoms with Crippen LogP contribution < -0.4 is 14.8 Å². The first-order chi connectivity index (χ1) is 13.5. The molecule has 1 aromatic carbocycles. The lowest BCUT2D eigenvalue weighted by Gasteiger charge is -2.07. The van der Waals surface area contributed by atoms with Crippen molar-refractivity contribution in [3.8, 4) is 17.4 Å². The van der Waals surface area contributed by atoms with E-state index in [0.29, 0.717) is 23.1 Å². The molecule has 0 aliphatic carbocycles. The summed E-state index contributed by atoms with van der Waals surface area (Å²) in [5.41, 5.74) is 3.13. The molecule has 3 aromatic rings. The van der Waals surface area contributed by atoms with E-state index in [9.17, 15) is 4.79 Å². The van der Waals surface area contributed by atoms with E-state index < -0.39 is 0 Å². The van der Waals surface area contributed by atoms with Crippen molar-refractivity contribution < 1.29 is 14.3 Å². The normalized spacial score (nSPS) is 10.9. The summed E-state index contributed by atoms with van der Waals surface area (Å²) in [5, 5.41) is 7.06. The number of aromatic nitrogens is 4. The highest BCUT2D eigenvalue weighted by Crippen LogP contribution is 2.27. The van der Waals surface area contributed by atoms with Gasteiger partial charge in [0.1, 0.15) is 0 Å². The van der Waals surface area contributed by atoms with Gasteiger partial charge in [-0.1, -0.05) is 6.07 Å². The van der Waals surface area contributed by atoms with E-state index in [1.807, 2.05) is 26.0 Å². The first-order valence-corrected chi connectivity index (χ1v) is 8.57. The number of aryl methyl sites for hydroxylation is 2. The van der Waals surface area contributed by atoms with Crippen LogP contribution in [0.5, 0.6) is 11.5 Å². The highest BCUT2D eigenvalue weighted by atomic mass is 16.5. The van der Waals surface area contributed by atoms with Gasteiger partial charge in [-0.05, 0) is 43.7 Å². The molecule has 8 heteroatoms. The van der Waals surface area contributed by atoms with Crippen molar-refractivity contribution in [3.63, 3.8) is 0 Å². The molecule has 8 nitrogen and oxygen atoms in total. The second kappa shape index (κ2) is 8.34. The average Bonchev–Trinajstić information content (AvgIpc) is 3.04. The molecule has 0 fully saturated rings. The summed E-state index contributed by atoms with van der Waals surface area (Å²) in [6.07, 6.45) is 6.19. The standard InChI is InChI=1S/C20H21N5O3/c1-13-9-14(2)25(24-13)20-21-11-16(12-22-20)23-19(26)8-6-15-5-7-17(27-3)18(10-15)28-4/h5-12H,1-4H3,(H,23,26)/b8-6+. The number of nitrogens with one attached hydrogen (secondary N) is 1. The van der Waals surface area contributed by atoms with Crippen molar-refractivity contribution in [3.05, 3.63) is 59.7 Å². The van der Waals surface area contributed by atoms with Crippen LogP contribution in [0.2, 0.25) is 0 Å². The number of carbonyl (C=O) groups is 1. The molecule has 0 aliphatic rings. The topological polar surface area (TPSA) is 91.2 Å². The molecule has 0 unspecified atom stereocenters. The maximum Gasteiger partial charge on any atom is 0.250 e. The number of hydrogen-bond donors (Lipinski definition) is 1. The SMILES string of the molecule is COc1ccc(/C=C/C(=O)Nc2cnc(-n3nc(C)cc3C)nc2)cc1OC. The fourth-order valence-corrected chi connectivity index (χ4v) is 2.64. The molecule has 1 amide bonds. The number of methoxy groups -OCH3 is 2. The number of carbonyl (C=O) groups excluding carboxylic acids is 1. The van der Waals surface area contributed by atoms with Crippen LogP contribution in [0.4, 0.5) is 5.69 Å². The molecule has 0 atom stereocenters. The predicted molar refractivity (Wildman–Crippen MR) is 106 cm³/mol. The zero-order valence-electron chi connectivity index (χ0n) is 16.1. The summed E-state index contributed by atoms with van der Waals surface area (Å²) in [6, 6.07) is 7.34. The second-order valence-electron chi connectivity index (χ2n) is 6.05. The monoisotopic (exact) mass is 379 g/mol. The van der Waals surface area contributed by atoms with Crippen molar-refractivity contribution in [2.24, 2.45) is 0 Å². The van der Waals surface area contributed by atoms with Crippen LogP contribution in [0.1, 0.15) is 17.0 Å². The van der Waals surface area contributed by atoms with E-state index >= 15 is 0 Å². The predicted octanol–water partition coefficient (Wildman–Crippen LogP) is 2.95. The zero-order valence-corrected chi connectivity index (χ0v) is 16.1. The molecule has 2 heterocycles. The Morgan fingerprint density at radius 3 is 2.39 bits per heavy atom. The molecule has 1 N–H and O–H groups in total. The highest BCUT2D eigenvalue weighted by Gasteiger charge is 2.07. The summed E-state index contributed by atoms with van der Waals surface area (Å²) in [7, 11) is 3.14. The van der Waals surface area contributed by atoms with Crippen LogP contribution >= 0.6 is 0 Å². The zero-order chi connectivity index (χ0) is 20.1. The smallest absolute Gasteiger partial charge is 0.250 e. The Labute approximate surface area is 162 Å². The fraction of sp³-hybridized carbons (Fsp3) is 0.200. The summed E-state index contributed by atoms with van der Waals surface area (Å²) >= 11 is 0. The number of ether oxygens (including phenoxy) is 2. The highest BCUT2D eigenvalue weighted by molar-refractivity contribution is 6.01. The lowest BCUT2D eigenvalue weighted by atomic mass is 10.2. The molecule has 144 valence electrons. The average molecular weight is 379 g/mol. The number of anilines is 1. The Bertz CT molecular complexity index is 1010. The molecular weight excluding hydrogens is 358 g/mol. The fourth-order valence-electron chi connectivity index (χ4n) is 2.64. The third-order valence-corrected chi connectivity index (χ3v) is 3.94. The molecule has 0 saturated heterocycles. The van der Waals surface area contributed by atoms with E-state index in [4.69, 9.17) is 9.47 Å². The van der Waals surface area contributed by atoms with Gasteiger partial charge in [0.05, 0.1) is 38.0 Å². The van der Waals surface area contributed by atoms with Crippen molar-refractivity contribution in [2.45, 2.75) is 13.8 Å². The lowest BCUT2D eigenvalue weighted by Crippen LogP contribution is -2.10. The maximum absolute atomic E-state index is 12.1. The number of amides is 1. The summed E-state index contributed by atoms with van der Waals surface area (Å²) in [6.45, 7) is 3.83. The van der Waals surface area contributed by atoms with Gasteiger partial charge in [-0.2, -0.15) is 5.10 Å². The molecule has 2 aromatic heterocycles. The molecule has 3 rings (SSSR count). The van der Waals surface area contributed by atoms with Crippen LogP contribution in [0.15, 0.2) is 42.7 Å². The Morgan fingerprint density at radius 2 is 1.79 bits per heavy atom. The molecule has 0 aliphatic heterocycles. The van der Waals surface area contributed by atoms with Crippen LogP contribution in [-0.2, 0) is 4.79 Å². The summed E-state index contributed by atoms with van der Waals surface area (Å²) < 4.78 is 12.1. The van der Waals surface area contributed by atoms with Gasteiger partial charge in [0.25, 0.3) is 5.95 Å². The molecular formula is C20H21N5O3. The minimum absolute atomic E-state index is 0.294. The second-order valence-corrected chi connectivity index (χ2v) is 6.05. The van der Waals surface area contributed by atoms with E-state index in [0.717, 1.165) is 17.0 Å². The Balaban J connectivity index is 1.66. The van der Waals surface area contributed by atoms with Crippen LogP contribution in [0.3, 0.4) is 0 Å². The first-order valence-electron chi connectivity index (χ1n) is 8.57.